The van der Waals surface area contributed by atoms with Gasteiger partial charge >= 0.3 is 41.8 Å². The summed E-state index contributed by atoms with van der Waals surface area (Å²) in [5.74, 6) is -6.11. The molecule has 0 aliphatic rings. The predicted octanol–water partition coefficient (Wildman–Crippen LogP) is 5.44. The van der Waals surface area contributed by atoms with Gasteiger partial charge in [0.25, 0.3) is 0 Å². The summed E-state index contributed by atoms with van der Waals surface area (Å²) < 4.78 is 36.2. The van der Waals surface area contributed by atoms with Crippen LogP contribution in [0.1, 0.15) is 95.8 Å². The van der Waals surface area contributed by atoms with Crippen molar-refractivity contribution in [1.29, 1.82) is 0 Å². The first-order valence-electron chi connectivity index (χ1n) is 19.0. The topological polar surface area (TPSA) is 225 Å². The molecular formula is C45H54O16. The summed E-state index contributed by atoms with van der Waals surface area (Å²) in [5, 5.41) is 20.7. The first kappa shape index (κ1) is 50.8. The van der Waals surface area contributed by atoms with E-state index in [4.69, 9.17) is 33.2 Å². The van der Waals surface area contributed by atoms with E-state index in [1.165, 1.54) is 50.2 Å². The normalized spacial score (nSPS) is 11.8. The number of allylic oxidation sites excluding steroid dienone is 2. The molecule has 0 heterocycles. The zero-order valence-electron chi connectivity index (χ0n) is 35.4. The Morgan fingerprint density at radius 2 is 0.918 bits per heavy atom. The molecule has 0 spiro atoms. The van der Waals surface area contributed by atoms with Crippen LogP contribution >= 0.6 is 0 Å². The van der Waals surface area contributed by atoms with Crippen molar-refractivity contribution in [3.05, 3.63) is 107 Å². The van der Waals surface area contributed by atoms with Gasteiger partial charge in [-0.2, -0.15) is 0 Å². The first-order chi connectivity index (χ1) is 28.5. The van der Waals surface area contributed by atoms with Gasteiger partial charge in [0.15, 0.2) is 0 Å². The maximum Gasteiger partial charge on any atom is 0.339 e. The molecule has 0 saturated carbocycles. The third-order valence-corrected chi connectivity index (χ3v) is 8.26. The summed E-state index contributed by atoms with van der Waals surface area (Å²) in [6.07, 6.45) is -1.86. The van der Waals surface area contributed by atoms with Gasteiger partial charge in [0.1, 0.15) is 52.4 Å². The van der Waals surface area contributed by atoms with Crippen LogP contribution in [0.25, 0.3) is 11.1 Å². The first-order valence-corrected chi connectivity index (χ1v) is 19.0. The second kappa shape index (κ2) is 24.0. The Morgan fingerprint density at radius 3 is 1.36 bits per heavy atom. The smallest absolute Gasteiger partial charge is 0.339 e. The van der Waals surface area contributed by atoms with E-state index in [-0.39, 0.29) is 70.8 Å². The fraction of sp³-hybridized carbons (Fsp3) is 0.400. The van der Waals surface area contributed by atoms with Crippen molar-refractivity contribution in [3.63, 3.8) is 0 Å². The summed E-state index contributed by atoms with van der Waals surface area (Å²) in [7, 11) is 0. The zero-order chi connectivity index (χ0) is 46.0. The molecule has 2 aromatic rings. The lowest BCUT2D eigenvalue weighted by atomic mass is 9.95. The number of aliphatic hydroxyl groups is 2. The molecule has 0 saturated heterocycles. The quantitative estimate of drug-likeness (QED) is 0.0467. The number of esters is 7. The standard InChI is InChI=1S/C45H54O16/c1-26(2)29(7)11-14-32(46)23-60-40(50)34-15-12-30(21-36(34)43(53)57-19-20-58-44(54)45(8,9)10)31-13-16-35(41(51)61-25-33(47)24-59-39(49)28(5)6)37(22-31)42(52)56-18-17-55-38(48)27(3)4/h12-13,15-16,21-22,32-33,46-47H,1,3,5,7,11,14,17-20,23-25H2,2,4,6,8-10H3. The van der Waals surface area contributed by atoms with Crippen molar-refractivity contribution < 1.29 is 76.9 Å². The van der Waals surface area contributed by atoms with Crippen LogP contribution in [-0.4, -0.2) is 110 Å². The SMILES string of the molecule is C=C(C)C(=C)CCC(O)COC(=O)c1ccc(-c2ccc(C(=O)OCC(O)COC(=O)C(=C)C)c(C(=O)OCCOC(=O)C(=C)C)c2)cc1C(=O)OCCOC(=O)C(C)(C)C. The fourth-order valence-corrected chi connectivity index (χ4v) is 4.65. The molecule has 2 aromatic carbocycles. The Hall–Kier alpha value is -6.39. The molecule has 0 amide bonds. The highest BCUT2D eigenvalue weighted by atomic mass is 16.6. The molecular weight excluding hydrogens is 796 g/mol. The summed E-state index contributed by atoms with van der Waals surface area (Å²) in [6.45, 7) is 21.2. The van der Waals surface area contributed by atoms with Crippen LogP contribution in [0, 0.1) is 5.41 Å². The van der Waals surface area contributed by atoms with Gasteiger partial charge in [-0.1, -0.05) is 49.6 Å². The highest BCUT2D eigenvalue weighted by Gasteiger charge is 2.26. The van der Waals surface area contributed by atoms with E-state index in [1.807, 2.05) is 0 Å². The molecule has 2 rings (SSSR count). The van der Waals surface area contributed by atoms with Gasteiger partial charge in [0, 0.05) is 11.1 Å². The second-order valence-electron chi connectivity index (χ2n) is 14.9. The lowest BCUT2D eigenvalue weighted by Gasteiger charge is -2.17. The molecule has 0 aliphatic heterocycles. The van der Waals surface area contributed by atoms with Crippen LogP contribution < -0.4 is 0 Å². The lowest BCUT2D eigenvalue weighted by Crippen LogP contribution is -2.26. The van der Waals surface area contributed by atoms with Gasteiger partial charge in [-0.25, -0.2) is 28.8 Å². The minimum Gasteiger partial charge on any atom is -0.462 e. The molecule has 330 valence electrons. The second-order valence-corrected chi connectivity index (χ2v) is 14.9. The van der Waals surface area contributed by atoms with E-state index in [1.54, 1.807) is 27.7 Å². The van der Waals surface area contributed by atoms with Gasteiger partial charge in [0.2, 0.25) is 0 Å². The lowest BCUT2D eigenvalue weighted by molar-refractivity contribution is -0.154. The summed E-state index contributed by atoms with van der Waals surface area (Å²) >= 11 is 0. The van der Waals surface area contributed by atoms with E-state index in [0.29, 0.717) is 6.42 Å². The monoisotopic (exact) mass is 850 g/mol. The molecule has 0 aromatic heterocycles. The summed E-state index contributed by atoms with van der Waals surface area (Å²) in [5.41, 5.74) is 0.150. The van der Waals surface area contributed by atoms with E-state index < -0.39 is 85.8 Å². The van der Waals surface area contributed by atoms with Crippen LogP contribution in [0.4, 0.5) is 0 Å². The molecule has 0 fully saturated rings. The molecule has 61 heavy (non-hydrogen) atoms. The molecule has 16 nitrogen and oxygen atoms in total. The van der Waals surface area contributed by atoms with E-state index >= 15 is 0 Å². The number of benzene rings is 2. The molecule has 2 N–H and O–H groups in total. The van der Waals surface area contributed by atoms with Crippen LogP contribution in [0.3, 0.4) is 0 Å². The maximum atomic E-state index is 13.5. The Balaban J connectivity index is 2.49. The number of hydrogen-bond donors (Lipinski definition) is 2. The predicted molar refractivity (Wildman–Crippen MR) is 220 cm³/mol. The van der Waals surface area contributed by atoms with E-state index in [0.717, 1.165) is 11.1 Å². The van der Waals surface area contributed by atoms with Crippen molar-refractivity contribution >= 4 is 41.8 Å². The Kier molecular flexibility index (Phi) is 20.0. The Bertz CT molecular complexity index is 2020. The van der Waals surface area contributed by atoms with Gasteiger partial charge < -0.3 is 43.4 Å². The van der Waals surface area contributed by atoms with Crippen LogP contribution in [0.5, 0.6) is 0 Å². The van der Waals surface area contributed by atoms with E-state index in [9.17, 15) is 43.8 Å². The van der Waals surface area contributed by atoms with Crippen molar-refractivity contribution in [2.45, 2.75) is 66.6 Å². The highest BCUT2D eigenvalue weighted by Crippen LogP contribution is 2.28. The average molecular weight is 851 g/mol. The largest absolute Gasteiger partial charge is 0.462 e. The van der Waals surface area contributed by atoms with Crippen LogP contribution in [0.2, 0.25) is 0 Å². The number of carbonyl (C=O) groups excluding carboxylic acids is 7. The average Bonchev–Trinajstić information content (AvgIpc) is 3.21. The third-order valence-electron chi connectivity index (χ3n) is 8.26. The van der Waals surface area contributed by atoms with Crippen molar-refractivity contribution in [2.24, 2.45) is 5.41 Å². The molecule has 0 bridgehead atoms. The van der Waals surface area contributed by atoms with Gasteiger partial charge in [0.05, 0.1) is 33.8 Å². The fourth-order valence-electron chi connectivity index (χ4n) is 4.65. The van der Waals surface area contributed by atoms with Gasteiger partial charge in [-0.15, -0.1) is 0 Å². The van der Waals surface area contributed by atoms with Gasteiger partial charge in [-0.3, -0.25) is 4.79 Å². The molecule has 2 unspecified atom stereocenters. The molecule has 16 heteroatoms. The number of ether oxygens (including phenoxy) is 7. The zero-order valence-corrected chi connectivity index (χ0v) is 35.4. The van der Waals surface area contributed by atoms with Gasteiger partial charge in [-0.05, 0) is 89.8 Å². The van der Waals surface area contributed by atoms with Crippen LogP contribution in [0.15, 0.2) is 85.0 Å². The Labute approximate surface area is 354 Å². The van der Waals surface area contributed by atoms with E-state index in [2.05, 4.69) is 26.3 Å². The van der Waals surface area contributed by atoms with Crippen molar-refractivity contribution in [3.8, 4) is 11.1 Å². The number of carbonyl (C=O) groups is 7. The maximum absolute atomic E-state index is 13.5. The Morgan fingerprint density at radius 1 is 0.525 bits per heavy atom. The number of hydrogen-bond acceptors (Lipinski definition) is 16. The number of aliphatic hydroxyl groups excluding tert-OH is 2. The van der Waals surface area contributed by atoms with Crippen LogP contribution in [-0.2, 0) is 47.5 Å². The third kappa shape index (κ3) is 17.0. The number of rotatable bonds is 23. The molecule has 2 atom stereocenters. The molecule has 0 radical (unpaired) electrons. The van der Waals surface area contributed by atoms with Crippen molar-refractivity contribution in [1.82, 2.24) is 0 Å². The molecule has 0 aliphatic carbocycles. The minimum absolute atomic E-state index is 0.0897. The summed E-state index contributed by atoms with van der Waals surface area (Å²) in [6, 6.07) is 7.82. The summed E-state index contributed by atoms with van der Waals surface area (Å²) in [4.78, 5) is 89.2. The highest BCUT2D eigenvalue weighted by molar-refractivity contribution is 6.06. The van der Waals surface area contributed by atoms with Crippen molar-refractivity contribution in [2.75, 3.05) is 46.2 Å². The minimum atomic E-state index is -1.43.